The van der Waals surface area contributed by atoms with E-state index in [1.165, 1.54) is 7.11 Å². The Hall–Kier alpha value is -1.23. The summed E-state index contributed by atoms with van der Waals surface area (Å²) >= 11 is 11.2. The predicted octanol–water partition coefficient (Wildman–Crippen LogP) is 3.71. The first-order valence-electron chi connectivity index (χ1n) is 6.11. The van der Waals surface area contributed by atoms with Crippen molar-refractivity contribution in [3.63, 3.8) is 0 Å². The molecule has 1 aromatic rings. The van der Waals surface area contributed by atoms with Crippen LogP contribution in [0.25, 0.3) is 0 Å². The number of para-hydroxylation sites is 2. The Morgan fingerprint density at radius 2 is 2.20 bits per heavy atom. The SMILES string of the molecule is COC1(C)Oc2ccccc2NC(=O)C1CC=C(Cl)Cl. The third-order valence-corrected chi connectivity index (χ3v) is 3.63. The Balaban J connectivity index is 2.38. The van der Waals surface area contributed by atoms with Crippen molar-refractivity contribution in [3.05, 3.63) is 34.8 Å². The molecule has 1 heterocycles. The van der Waals surface area contributed by atoms with Crippen molar-refractivity contribution >= 4 is 34.8 Å². The summed E-state index contributed by atoms with van der Waals surface area (Å²) in [5, 5.41) is 2.83. The molecule has 20 heavy (non-hydrogen) atoms. The van der Waals surface area contributed by atoms with Crippen LogP contribution in [-0.4, -0.2) is 18.8 Å². The van der Waals surface area contributed by atoms with Crippen LogP contribution in [0, 0.1) is 5.92 Å². The van der Waals surface area contributed by atoms with Crippen LogP contribution < -0.4 is 10.1 Å². The van der Waals surface area contributed by atoms with Gasteiger partial charge in [-0.05, 0) is 18.6 Å². The van der Waals surface area contributed by atoms with E-state index in [0.29, 0.717) is 17.9 Å². The first-order valence-corrected chi connectivity index (χ1v) is 6.87. The molecule has 4 nitrogen and oxygen atoms in total. The minimum absolute atomic E-state index is 0.109. The van der Waals surface area contributed by atoms with Gasteiger partial charge in [0.05, 0.1) is 5.69 Å². The van der Waals surface area contributed by atoms with Gasteiger partial charge in [-0.25, -0.2) is 0 Å². The van der Waals surface area contributed by atoms with Crippen molar-refractivity contribution in [2.75, 3.05) is 12.4 Å². The predicted molar refractivity (Wildman–Crippen MR) is 79.0 cm³/mol. The number of carbonyl (C=O) groups excluding carboxylic acids is 1. The lowest BCUT2D eigenvalue weighted by atomic mass is 9.95. The maximum Gasteiger partial charge on any atom is 0.234 e. The first-order chi connectivity index (χ1) is 9.46. The minimum atomic E-state index is -1.10. The van der Waals surface area contributed by atoms with Gasteiger partial charge in [-0.3, -0.25) is 4.79 Å². The molecule has 1 N–H and O–H groups in total. The van der Waals surface area contributed by atoms with Gasteiger partial charge in [0, 0.05) is 14.0 Å². The molecule has 1 aliphatic rings. The zero-order valence-electron chi connectivity index (χ0n) is 11.2. The van der Waals surface area contributed by atoms with E-state index >= 15 is 0 Å². The zero-order valence-corrected chi connectivity index (χ0v) is 12.7. The van der Waals surface area contributed by atoms with Gasteiger partial charge in [-0.1, -0.05) is 41.4 Å². The highest BCUT2D eigenvalue weighted by atomic mass is 35.5. The van der Waals surface area contributed by atoms with Crippen LogP contribution in [0.5, 0.6) is 5.75 Å². The number of anilines is 1. The molecule has 0 spiro atoms. The summed E-state index contributed by atoms with van der Waals surface area (Å²) in [6.45, 7) is 1.72. The number of halogens is 2. The molecule has 0 aliphatic carbocycles. The molecular formula is C14H15Cl2NO3. The molecule has 1 aliphatic heterocycles. The van der Waals surface area contributed by atoms with E-state index in [1.54, 1.807) is 25.1 Å². The monoisotopic (exact) mass is 315 g/mol. The third-order valence-electron chi connectivity index (χ3n) is 3.32. The summed E-state index contributed by atoms with van der Waals surface area (Å²) in [5.74, 6) is -1.32. The molecule has 1 aromatic carbocycles. The molecule has 0 saturated carbocycles. The fourth-order valence-corrected chi connectivity index (χ4v) is 2.30. The van der Waals surface area contributed by atoms with Crippen LogP contribution in [0.2, 0.25) is 0 Å². The van der Waals surface area contributed by atoms with E-state index in [2.05, 4.69) is 5.32 Å². The van der Waals surface area contributed by atoms with Crippen LogP contribution in [0.3, 0.4) is 0 Å². The van der Waals surface area contributed by atoms with Gasteiger partial charge >= 0.3 is 0 Å². The van der Waals surface area contributed by atoms with Crippen LogP contribution in [0.15, 0.2) is 34.8 Å². The molecule has 0 fully saturated rings. The number of ether oxygens (including phenoxy) is 2. The molecule has 1 amide bonds. The average molecular weight is 316 g/mol. The smallest absolute Gasteiger partial charge is 0.234 e. The summed E-state index contributed by atoms with van der Waals surface area (Å²) in [6, 6.07) is 7.20. The quantitative estimate of drug-likeness (QED) is 0.925. The number of allylic oxidation sites excluding steroid dienone is 1. The largest absolute Gasteiger partial charge is 0.460 e. The second-order valence-electron chi connectivity index (χ2n) is 4.59. The number of rotatable bonds is 3. The van der Waals surface area contributed by atoms with Crippen LogP contribution in [0.4, 0.5) is 5.69 Å². The Morgan fingerprint density at radius 1 is 1.50 bits per heavy atom. The number of benzene rings is 1. The molecule has 0 saturated heterocycles. The summed E-state index contributed by atoms with van der Waals surface area (Å²) in [4.78, 5) is 12.4. The fourth-order valence-electron chi connectivity index (χ4n) is 2.12. The number of carbonyl (C=O) groups is 1. The number of nitrogens with one attached hydrogen (secondary N) is 1. The summed E-state index contributed by atoms with van der Waals surface area (Å²) < 4.78 is 11.4. The Labute approximate surface area is 127 Å². The number of amides is 1. The van der Waals surface area contributed by atoms with Gasteiger partial charge in [0.25, 0.3) is 0 Å². The van der Waals surface area contributed by atoms with E-state index < -0.39 is 11.7 Å². The molecule has 0 bridgehead atoms. The second kappa shape index (κ2) is 6.04. The maximum absolute atomic E-state index is 12.4. The zero-order chi connectivity index (χ0) is 14.8. The standard InChI is InChI=1S/C14H15Cl2NO3/c1-14(19-2)9(7-8-12(15)16)13(18)17-10-5-3-4-6-11(10)20-14/h3-6,8-9H,7H2,1-2H3,(H,17,18). The van der Waals surface area contributed by atoms with E-state index in [9.17, 15) is 4.79 Å². The normalized spacial score (nSPS) is 25.0. The molecule has 2 unspecified atom stereocenters. The van der Waals surface area contributed by atoms with Gasteiger partial charge < -0.3 is 14.8 Å². The van der Waals surface area contributed by atoms with E-state index in [1.807, 2.05) is 12.1 Å². The van der Waals surface area contributed by atoms with Gasteiger partial charge in [-0.2, -0.15) is 0 Å². The maximum atomic E-state index is 12.4. The fraction of sp³-hybridized carbons (Fsp3) is 0.357. The average Bonchev–Trinajstić information content (AvgIpc) is 2.50. The van der Waals surface area contributed by atoms with Gasteiger partial charge in [0.15, 0.2) is 0 Å². The van der Waals surface area contributed by atoms with Crippen molar-refractivity contribution in [1.82, 2.24) is 0 Å². The van der Waals surface area contributed by atoms with Crippen LogP contribution in [-0.2, 0) is 9.53 Å². The molecular weight excluding hydrogens is 301 g/mol. The summed E-state index contributed by atoms with van der Waals surface area (Å²) in [6.07, 6.45) is 1.87. The summed E-state index contributed by atoms with van der Waals surface area (Å²) in [5.41, 5.74) is 0.615. The van der Waals surface area contributed by atoms with Crippen molar-refractivity contribution in [3.8, 4) is 5.75 Å². The first kappa shape index (κ1) is 15.2. The second-order valence-corrected chi connectivity index (χ2v) is 5.60. The number of methoxy groups -OCH3 is 1. The number of hydrogen-bond donors (Lipinski definition) is 1. The summed E-state index contributed by atoms with van der Waals surface area (Å²) in [7, 11) is 1.50. The van der Waals surface area contributed by atoms with Crippen LogP contribution >= 0.6 is 23.2 Å². The highest BCUT2D eigenvalue weighted by Gasteiger charge is 2.43. The van der Waals surface area contributed by atoms with E-state index in [0.717, 1.165) is 0 Å². The third kappa shape index (κ3) is 3.08. The van der Waals surface area contributed by atoms with Crippen molar-refractivity contribution in [2.24, 2.45) is 5.92 Å². The highest BCUT2D eigenvalue weighted by molar-refractivity contribution is 6.55. The molecule has 0 radical (unpaired) electrons. The Kier molecular flexibility index (Phi) is 4.58. The number of hydrogen-bond acceptors (Lipinski definition) is 3. The van der Waals surface area contributed by atoms with Gasteiger partial charge in [-0.15, -0.1) is 0 Å². The molecule has 2 rings (SSSR count). The topological polar surface area (TPSA) is 47.6 Å². The molecule has 2 atom stereocenters. The lowest BCUT2D eigenvalue weighted by Crippen LogP contribution is -2.46. The van der Waals surface area contributed by atoms with Crippen molar-refractivity contribution < 1.29 is 14.3 Å². The Bertz CT molecular complexity index is 543. The lowest BCUT2D eigenvalue weighted by Gasteiger charge is -2.32. The van der Waals surface area contributed by atoms with Gasteiger partial charge in [0.2, 0.25) is 11.7 Å². The lowest BCUT2D eigenvalue weighted by molar-refractivity contribution is -0.186. The van der Waals surface area contributed by atoms with E-state index in [4.69, 9.17) is 32.7 Å². The Morgan fingerprint density at radius 3 is 2.85 bits per heavy atom. The van der Waals surface area contributed by atoms with Crippen molar-refractivity contribution in [1.29, 1.82) is 0 Å². The van der Waals surface area contributed by atoms with Gasteiger partial charge in [0.1, 0.15) is 16.2 Å². The molecule has 0 aromatic heterocycles. The van der Waals surface area contributed by atoms with Crippen molar-refractivity contribution in [2.45, 2.75) is 19.1 Å². The van der Waals surface area contributed by atoms with Crippen LogP contribution in [0.1, 0.15) is 13.3 Å². The molecule has 108 valence electrons. The highest BCUT2D eigenvalue weighted by Crippen LogP contribution is 2.37. The van der Waals surface area contributed by atoms with E-state index in [-0.39, 0.29) is 10.4 Å². The number of fused-ring (bicyclic) bond motifs is 1. The molecule has 6 heteroatoms. The minimum Gasteiger partial charge on any atom is -0.460 e.